The van der Waals surface area contributed by atoms with Crippen molar-refractivity contribution in [1.29, 1.82) is 0 Å². The Hall–Kier alpha value is -1.68. The molecule has 0 unspecified atom stereocenters. The van der Waals surface area contributed by atoms with Gasteiger partial charge in [0.1, 0.15) is 5.82 Å². The van der Waals surface area contributed by atoms with E-state index in [4.69, 9.17) is 9.47 Å². The van der Waals surface area contributed by atoms with E-state index in [1.807, 2.05) is 13.0 Å². The summed E-state index contributed by atoms with van der Waals surface area (Å²) in [6, 6.07) is 4.85. The van der Waals surface area contributed by atoms with Crippen LogP contribution in [0.25, 0.3) is 6.08 Å². The number of carbonyl (C=O) groups excluding carboxylic acids is 1. The van der Waals surface area contributed by atoms with Crippen molar-refractivity contribution in [2.24, 2.45) is 5.92 Å². The van der Waals surface area contributed by atoms with Crippen molar-refractivity contribution in [3.63, 3.8) is 0 Å². The Kier molecular flexibility index (Phi) is 8.56. The van der Waals surface area contributed by atoms with Crippen molar-refractivity contribution in [1.82, 2.24) is 0 Å². The Morgan fingerprint density at radius 2 is 2.04 bits per heavy atom. The Labute approximate surface area is 138 Å². The number of halogens is 1. The van der Waals surface area contributed by atoms with E-state index in [1.165, 1.54) is 18.2 Å². The normalized spacial score (nSPS) is 14.0. The fourth-order valence-corrected chi connectivity index (χ4v) is 2.40. The molecule has 0 aliphatic carbocycles. The van der Waals surface area contributed by atoms with Crippen LogP contribution in [-0.2, 0) is 14.3 Å². The minimum absolute atomic E-state index is 0.244. The summed E-state index contributed by atoms with van der Waals surface area (Å²) >= 11 is 0. The molecule has 1 rings (SSSR count). The van der Waals surface area contributed by atoms with Crippen LogP contribution in [0, 0.1) is 11.7 Å². The van der Waals surface area contributed by atoms with Crippen LogP contribution in [0.15, 0.2) is 24.3 Å². The Bertz CT molecular complexity index is 525. The predicted octanol–water partition coefficient (Wildman–Crippen LogP) is 4.92. The zero-order valence-corrected chi connectivity index (χ0v) is 14.5. The van der Waals surface area contributed by atoms with Crippen LogP contribution in [0.4, 0.5) is 4.39 Å². The number of esters is 1. The molecular weight excluding hydrogens is 295 g/mol. The molecule has 1 aromatic rings. The average Bonchev–Trinajstić information content (AvgIpc) is 2.51. The summed E-state index contributed by atoms with van der Waals surface area (Å²) in [6.45, 7) is 8.84. The van der Waals surface area contributed by atoms with Crippen molar-refractivity contribution in [3.05, 3.63) is 41.2 Å². The highest BCUT2D eigenvalue weighted by molar-refractivity contribution is 5.87. The first kappa shape index (κ1) is 19.4. The first-order valence-electron chi connectivity index (χ1n) is 8.24. The second-order valence-electron chi connectivity index (χ2n) is 5.70. The van der Waals surface area contributed by atoms with Crippen LogP contribution < -0.4 is 0 Å². The highest BCUT2D eigenvalue weighted by Crippen LogP contribution is 2.25. The minimum Gasteiger partial charge on any atom is -0.463 e. The molecule has 0 aliphatic heterocycles. The number of hydrogen-bond donors (Lipinski definition) is 0. The van der Waals surface area contributed by atoms with Crippen LogP contribution in [0.3, 0.4) is 0 Å². The first-order valence-corrected chi connectivity index (χ1v) is 8.24. The van der Waals surface area contributed by atoms with Gasteiger partial charge in [0.2, 0.25) is 0 Å². The van der Waals surface area contributed by atoms with E-state index >= 15 is 0 Å². The largest absolute Gasteiger partial charge is 0.463 e. The van der Waals surface area contributed by atoms with Crippen molar-refractivity contribution >= 4 is 12.0 Å². The molecule has 0 aromatic heterocycles. The molecule has 0 bridgehead atoms. The molecule has 2 atom stereocenters. The summed E-state index contributed by atoms with van der Waals surface area (Å²) in [6.07, 6.45) is 4.68. The smallest absolute Gasteiger partial charge is 0.330 e. The van der Waals surface area contributed by atoms with Crippen LogP contribution >= 0.6 is 0 Å². The van der Waals surface area contributed by atoms with Crippen molar-refractivity contribution in [3.8, 4) is 0 Å². The fourth-order valence-electron chi connectivity index (χ4n) is 2.40. The number of ether oxygens (including phenoxy) is 2. The van der Waals surface area contributed by atoms with Gasteiger partial charge in [-0.2, -0.15) is 0 Å². The van der Waals surface area contributed by atoms with E-state index in [-0.39, 0.29) is 11.9 Å². The van der Waals surface area contributed by atoms with E-state index in [1.54, 1.807) is 13.0 Å². The zero-order valence-electron chi connectivity index (χ0n) is 14.5. The Balaban J connectivity index is 2.85. The quantitative estimate of drug-likeness (QED) is 0.478. The summed E-state index contributed by atoms with van der Waals surface area (Å²) < 4.78 is 24.8. The molecule has 0 saturated carbocycles. The van der Waals surface area contributed by atoms with Gasteiger partial charge in [0.25, 0.3) is 0 Å². The molecule has 128 valence electrons. The third-order valence-corrected chi connectivity index (χ3v) is 3.61. The lowest BCUT2D eigenvalue weighted by molar-refractivity contribution is -0.137. The molecule has 0 N–H and O–H groups in total. The monoisotopic (exact) mass is 322 g/mol. The van der Waals surface area contributed by atoms with E-state index in [2.05, 4.69) is 13.8 Å². The van der Waals surface area contributed by atoms with Gasteiger partial charge in [0.15, 0.2) is 0 Å². The lowest BCUT2D eigenvalue weighted by Gasteiger charge is -2.19. The maximum absolute atomic E-state index is 14.1. The lowest BCUT2D eigenvalue weighted by Crippen LogP contribution is -2.10. The third-order valence-electron chi connectivity index (χ3n) is 3.61. The SMILES string of the molecule is CCC[C@@H](C)CO[C@H](C)c1cccc(F)c1/C=C/C(=O)OCC. The molecule has 0 amide bonds. The van der Waals surface area contributed by atoms with Crippen LogP contribution in [0.5, 0.6) is 0 Å². The summed E-state index contributed by atoms with van der Waals surface area (Å²) in [5.41, 5.74) is 1.10. The zero-order chi connectivity index (χ0) is 17.2. The first-order chi connectivity index (χ1) is 11.0. The van der Waals surface area contributed by atoms with Crippen molar-refractivity contribution < 1.29 is 18.7 Å². The predicted molar refractivity (Wildman–Crippen MR) is 90.5 cm³/mol. The maximum atomic E-state index is 14.1. The Morgan fingerprint density at radius 3 is 2.70 bits per heavy atom. The van der Waals surface area contributed by atoms with Gasteiger partial charge in [-0.25, -0.2) is 9.18 Å². The lowest BCUT2D eigenvalue weighted by atomic mass is 10.0. The van der Waals surface area contributed by atoms with E-state index in [9.17, 15) is 9.18 Å². The molecule has 0 heterocycles. The standard InChI is InChI=1S/C19H27FO3/c1-5-8-14(3)13-23-15(4)16-9-7-10-18(20)17(16)11-12-19(21)22-6-2/h7,9-12,14-15H,5-6,8,13H2,1-4H3/b12-11+/t14-,15-/m1/s1. The summed E-state index contributed by atoms with van der Waals surface area (Å²) in [5.74, 6) is -0.388. The maximum Gasteiger partial charge on any atom is 0.330 e. The van der Waals surface area contributed by atoms with Gasteiger partial charge in [-0.15, -0.1) is 0 Å². The molecule has 0 fully saturated rings. The molecule has 3 nitrogen and oxygen atoms in total. The molecule has 0 spiro atoms. The highest BCUT2D eigenvalue weighted by Gasteiger charge is 2.14. The number of carbonyl (C=O) groups is 1. The van der Waals surface area contributed by atoms with Crippen LogP contribution in [0.2, 0.25) is 0 Å². The summed E-state index contributed by atoms with van der Waals surface area (Å²) in [7, 11) is 0. The van der Waals surface area contributed by atoms with Crippen LogP contribution in [-0.4, -0.2) is 19.2 Å². The average molecular weight is 322 g/mol. The second kappa shape index (κ2) is 10.2. The van der Waals surface area contributed by atoms with Gasteiger partial charge in [0, 0.05) is 18.2 Å². The highest BCUT2D eigenvalue weighted by atomic mass is 19.1. The van der Waals surface area contributed by atoms with Crippen molar-refractivity contribution in [2.45, 2.75) is 46.6 Å². The van der Waals surface area contributed by atoms with Gasteiger partial charge in [-0.3, -0.25) is 0 Å². The molecule has 4 heteroatoms. The molecule has 23 heavy (non-hydrogen) atoms. The van der Waals surface area contributed by atoms with E-state index in [0.29, 0.717) is 24.7 Å². The van der Waals surface area contributed by atoms with Gasteiger partial charge in [0.05, 0.1) is 12.7 Å². The third kappa shape index (κ3) is 6.53. The molecule has 0 radical (unpaired) electrons. The molecular formula is C19H27FO3. The number of benzene rings is 1. The van der Waals surface area contributed by atoms with E-state index < -0.39 is 5.97 Å². The van der Waals surface area contributed by atoms with Gasteiger partial charge >= 0.3 is 5.97 Å². The van der Waals surface area contributed by atoms with Gasteiger partial charge in [-0.05, 0) is 43.9 Å². The second-order valence-corrected chi connectivity index (χ2v) is 5.70. The number of hydrogen-bond acceptors (Lipinski definition) is 3. The van der Waals surface area contributed by atoms with Crippen LogP contribution in [0.1, 0.15) is 57.8 Å². The molecule has 0 aliphatic rings. The topological polar surface area (TPSA) is 35.5 Å². The fraction of sp³-hybridized carbons (Fsp3) is 0.526. The minimum atomic E-state index is -0.480. The van der Waals surface area contributed by atoms with Gasteiger partial charge < -0.3 is 9.47 Å². The molecule has 0 saturated heterocycles. The number of rotatable bonds is 9. The van der Waals surface area contributed by atoms with Crippen molar-refractivity contribution in [2.75, 3.05) is 13.2 Å². The Morgan fingerprint density at radius 1 is 1.30 bits per heavy atom. The summed E-state index contributed by atoms with van der Waals surface area (Å²) in [5, 5.41) is 0. The van der Waals surface area contributed by atoms with E-state index in [0.717, 1.165) is 18.4 Å². The van der Waals surface area contributed by atoms with Gasteiger partial charge in [-0.1, -0.05) is 32.4 Å². The molecule has 1 aromatic carbocycles. The summed E-state index contributed by atoms with van der Waals surface area (Å²) in [4.78, 5) is 11.4.